The summed E-state index contributed by atoms with van der Waals surface area (Å²) in [7, 11) is 0. The zero-order valence-corrected chi connectivity index (χ0v) is 10.8. The van der Waals surface area contributed by atoms with E-state index in [0.717, 1.165) is 18.9 Å². The van der Waals surface area contributed by atoms with E-state index in [1.807, 2.05) is 19.1 Å². The van der Waals surface area contributed by atoms with Gasteiger partial charge in [0.1, 0.15) is 11.9 Å². The number of hydrogen-bond acceptors (Lipinski definition) is 3. The number of rotatable bonds is 3. The zero-order valence-electron chi connectivity index (χ0n) is 10.8. The Bertz CT molecular complexity index is 359. The molecule has 0 saturated carbocycles. The van der Waals surface area contributed by atoms with Crippen LogP contribution in [0, 0.1) is 0 Å². The normalized spacial score (nSPS) is 23.4. The number of benzene rings is 1. The Morgan fingerprint density at radius 2 is 2.06 bits per heavy atom. The molecule has 1 saturated heterocycles. The second kappa shape index (κ2) is 5.07. The molecule has 0 aromatic heterocycles. The molecule has 1 N–H and O–H groups in total. The van der Waals surface area contributed by atoms with Crippen molar-refractivity contribution in [1.29, 1.82) is 0 Å². The van der Waals surface area contributed by atoms with E-state index in [2.05, 4.69) is 31.3 Å². The van der Waals surface area contributed by atoms with Crippen LogP contribution in [0.2, 0.25) is 0 Å². The summed E-state index contributed by atoms with van der Waals surface area (Å²) >= 11 is 0. The van der Waals surface area contributed by atoms with E-state index in [0.29, 0.717) is 6.61 Å². The van der Waals surface area contributed by atoms with Crippen LogP contribution < -0.4 is 10.1 Å². The zero-order chi connectivity index (χ0) is 12.3. The highest BCUT2D eigenvalue weighted by molar-refractivity contribution is 5.30. The maximum Gasteiger partial charge on any atom is 0.119 e. The van der Waals surface area contributed by atoms with Crippen molar-refractivity contribution >= 4 is 0 Å². The van der Waals surface area contributed by atoms with E-state index in [9.17, 15) is 0 Å². The number of hydrogen-bond donors (Lipinski definition) is 1. The molecular weight excluding hydrogens is 214 g/mol. The van der Waals surface area contributed by atoms with Gasteiger partial charge in [-0.05, 0) is 38.5 Å². The van der Waals surface area contributed by atoms with Gasteiger partial charge in [-0.15, -0.1) is 0 Å². The van der Waals surface area contributed by atoms with Crippen molar-refractivity contribution in [2.75, 3.05) is 19.8 Å². The smallest absolute Gasteiger partial charge is 0.119 e. The first kappa shape index (κ1) is 12.4. The van der Waals surface area contributed by atoms with Crippen LogP contribution in [0.4, 0.5) is 0 Å². The highest BCUT2D eigenvalue weighted by Crippen LogP contribution is 2.32. The van der Waals surface area contributed by atoms with Crippen molar-refractivity contribution in [2.24, 2.45) is 0 Å². The lowest BCUT2D eigenvalue weighted by molar-refractivity contribution is -0.0388. The van der Waals surface area contributed by atoms with Crippen molar-refractivity contribution in [3.63, 3.8) is 0 Å². The number of morpholine rings is 1. The topological polar surface area (TPSA) is 30.5 Å². The number of nitrogens with one attached hydrogen (secondary N) is 1. The molecule has 1 aromatic carbocycles. The minimum Gasteiger partial charge on any atom is -0.494 e. The van der Waals surface area contributed by atoms with E-state index in [1.54, 1.807) is 0 Å². The lowest BCUT2D eigenvalue weighted by Crippen LogP contribution is -2.51. The largest absolute Gasteiger partial charge is 0.494 e. The third-order valence-electron chi connectivity index (χ3n) is 3.12. The Morgan fingerprint density at radius 3 is 2.65 bits per heavy atom. The van der Waals surface area contributed by atoms with Crippen LogP contribution in [0.25, 0.3) is 0 Å². The van der Waals surface area contributed by atoms with Crippen LogP contribution in [0.3, 0.4) is 0 Å². The van der Waals surface area contributed by atoms with Gasteiger partial charge in [0.15, 0.2) is 0 Å². The molecule has 94 valence electrons. The van der Waals surface area contributed by atoms with Gasteiger partial charge in [-0.2, -0.15) is 0 Å². The molecule has 1 fully saturated rings. The molecule has 1 atom stereocenters. The van der Waals surface area contributed by atoms with Crippen LogP contribution >= 0.6 is 0 Å². The molecule has 0 amide bonds. The molecule has 3 nitrogen and oxygen atoms in total. The molecular formula is C14H21NO2. The van der Waals surface area contributed by atoms with E-state index >= 15 is 0 Å². The lowest BCUT2D eigenvalue weighted by atomic mass is 9.90. The van der Waals surface area contributed by atoms with Crippen LogP contribution in [0.5, 0.6) is 5.75 Å². The first-order valence-electron chi connectivity index (χ1n) is 6.23. The quantitative estimate of drug-likeness (QED) is 0.873. The second-order valence-electron chi connectivity index (χ2n) is 4.90. The standard InChI is InChI=1S/C14H21NO2/c1-4-16-12-7-5-11(6-8-12)13-14(2,3)15-9-10-17-13/h5-8,13,15H,4,9-10H2,1-3H3. The van der Waals surface area contributed by atoms with Gasteiger partial charge in [0, 0.05) is 12.1 Å². The molecule has 0 spiro atoms. The van der Waals surface area contributed by atoms with Crippen molar-refractivity contribution in [2.45, 2.75) is 32.4 Å². The molecule has 0 bridgehead atoms. The van der Waals surface area contributed by atoms with Crippen molar-refractivity contribution in [1.82, 2.24) is 5.32 Å². The fourth-order valence-corrected chi connectivity index (χ4v) is 2.27. The van der Waals surface area contributed by atoms with E-state index in [4.69, 9.17) is 9.47 Å². The van der Waals surface area contributed by atoms with E-state index < -0.39 is 0 Å². The molecule has 1 heterocycles. The van der Waals surface area contributed by atoms with Crippen LogP contribution in [0.15, 0.2) is 24.3 Å². The van der Waals surface area contributed by atoms with Gasteiger partial charge >= 0.3 is 0 Å². The lowest BCUT2D eigenvalue weighted by Gasteiger charge is -2.39. The monoisotopic (exact) mass is 235 g/mol. The van der Waals surface area contributed by atoms with Crippen molar-refractivity contribution in [3.05, 3.63) is 29.8 Å². The molecule has 0 radical (unpaired) electrons. The summed E-state index contributed by atoms with van der Waals surface area (Å²) in [5.41, 5.74) is 1.18. The summed E-state index contributed by atoms with van der Waals surface area (Å²) in [6.45, 7) is 8.72. The summed E-state index contributed by atoms with van der Waals surface area (Å²) in [5, 5.41) is 3.49. The van der Waals surface area contributed by atoms with E-state index in [1.165, 1.54) is 5.56 Å². The average molecular weight is 235 g/mol. The molecule has 1 unspecified atom stereocenters. The summed E-state index contributed by atoms with van der Waals surface area (Å²) in [5.74, 6) is 0.915. The molecule has 0 aliphatic carbocycles. The summed E-state index contributed by atoms with van der Waals surface area (Å²) in [6.07, 6.45) is 0.104. The third-order valence-corrected chi connectivity index (χ3v) is 3.12. The molecule has 1 aliphatic rings. The van der Waals surface area contributed by atoms with Gasteiger partial charge in [-0.3, -0.25) is 0 Å². The van der Waals surface area contributed by atoms with Gasteiger partial charge in [0.2, 0.25) is 0 Å². The van der Waals surface area contributed by atoms with Gasteiger partial charge in [0.25, 0.3) is 0 Å². The Morgan fingerprint density at radius 1 is 1.35 bits per heavy atom. The fraction of sp³-hybridized carbons (Fsp3) is 0.571. The van der Waals surface area contributed by atoms with Gasteiger partial charge in [0.05, 0.1) is 13.2 Å². The van der Waals surface area contributed by atoms with Crippen LogP contribution in [-0.2, 0) is 4.74 Å². The van der Waals surface area contributed by atoms with Gasteiger partial charge < -0.3 is 14.8 Å². The maximum atomic E-state index is 5.88. The number of ether oxygens (including phenoxy) is 2. The Hall–Kier alpha value is -1.06. The summed E-state index contributed by atoms with van der Waals surface area (Å²) < 4.78 is 11.3. The molecule has 3 heteroatoms. The Kier molecular flexibility index (Phi) is 3.69. The van der Waals surface area contributed by atoms with Crippen LogP contribution in [0.1, 0.15) is 32.4 Å². The first-order chi connectivity index (χ1) is 8.13. The fourth-order valence-electron chi connectivity index (χ4n) is 2.27. The molecule has 1 aromatic rings. The maximum absolute atomic E-state index is 5.88. The summed E-state index contributed by atoms with van der Waals surface area (Å²) in [6, 6.07) is 8.19. The summed E-state index contributed by atoms with van der Waals surface area (Å²) in [4.78, 5) is 0. The third kappa shape index (κ3) is 2.79. The minimum absolute atomic E-state index is 0.0224. The Balaban J connectivity index is 2.15. The Labute approximate surface area is 103 Å². The van der Waals surface area contributed by atoms with Crippen molar-refractivity contribution in [3.8, 4) is 5.75 Å². The van der Waals surface area contributed by atoms with Crippen LogP contribution in [-0.4, -0.2) is 25.3 Å². The van der Waals surface area contributed by atoms with E-state index in [-0.39, 0.29) is 11.6 Å². The first-order valence-corrected chi connectivity index (χ1v) is 6.23. The highest BCUT2D eigenvalue weighted by atomic mass is 16.5. The predicted molar refractivity (Wildman–Crippen MR) is 68.4 cm³/mol. The molecule has 1 aliphatic heterocycles. The SMILES string of the molecule is CCOc1ccc(C2OCCNC2(C)C)cc1. The minimum atomic E-state index is -0.0224. The molecule has 17 heavy (non-hydrogen) atoms. The second-order valence-corrected chi connectivity index (χ2v) is 4.90. The average Bonchev–Trinajstić information content (AvgIpc) is 2.30. The highest BCUT2D eigenvalue weighted by Gasteiger charge is 2.33. The van der Waals surface area contributed by atoms with Gasteiger partial charge in [-0.25, -0.2) is 0 Å². The predicted octanol–water partition coefficient (Wildman–Crippen LogP) is 2.52. The molecule has 2 rings (SSSR count). The van der Waals surface area contributed by atoms with Crippen molar-refractivity contribution < 1.29 is 9.47 Å². The van der Waals surface area contributed by atoms with Gasteiger partial charge in [-0.1, -0.05) is 12.1 Å².